The van der Waals surface area contributed by atoms with Gasteiger partial charge in [0.15, 0.2) is 0 Å². The van der Waals surface area contributed by atoms with E-state index in [4.69, 9.17) is 4.74 Å². The first-order valence-corrected chi connectivity index (χ1v) is 9.47. The maximum Gasteiger partial charge on any atom is 0.255 e. The highest BCUT2D eigenvalue weighted by Crippen LogP contribution is 2.26. The summed E-state index contributed by atoms with van der Waals surface area (Å²) in [6.45, 7) is 4.78. The van der Waals surface area contributed by atoms with Crippen molar-refractivity contribution in [2.24, 2.45) is 0 Å². The molecule has 0 heterocycles. The Morgan fingerprint density at radius 2 is 1.79 bits per heavy atom. The maximum absolute atomic E-state index is 12.7. The van der Waals surface area contributed by atoms with Gasteiger partial charge >= 0.3 is 0 Å². The summed E-state index contributed by atoms with van der Waals surface area (Å²) in [4.78, 5) is 12.7. The molecule has 0 saturated heterocycles. The number of anilines is 2. The fraction of sp³-hybridized carbons (Fsp3) is 0.208. The molecule has 4 nitrogen and oxygen atoms in total. The molecule has 0 aliphatic rings. The summed E-state index contributed by atoms with van der Waals surface area (Å²) in [5, 5.41) is 6.42. The van der Waals surface area contributed by atoms with Crippen molar-refractivity contribution in [1.82, 2.24) is 0 Å². The molecule has 0 unspecified atom stereocenters. The molecule has 2 N–H and O–H groups in total. The van der Waals surface area contributed by atoms with Gasteiger partial charge in [0.25, 0.3) is 5.91 Å². The minimum atomic E-state index is -0.153. The molecule has 0 aromatic heterocycles. The van der Waals surface area contributed by atoms with Gasteiger partial charge in [-0.3, -0.25) is 4.79 Å². The van der Waals surface area contributed by atoms with E-state index in [1.807, 2.05) is 55.5 Å². The summed E-state index contributed by atoms with van der Waals surface area (Å²) in [5.41, 5.74) is 5.81. The molecular formula is C24H26N2O2. The van der Waals surface area contributed by atoms with Crippen molar-refractivity contribution in [3.8, 4) is 5.75 Å². The lowest BCUT2D eigenvalue weighted by atomic mass is 10.1. The van der Waals surface area contributed by atoms with E-state index >= 15 is 0 Å². The van der Waals surface area contributed by atoms with Crippen molar-refractivity contribution in [2.75, 3.05) is 17.7 Å². The third kappa shape index (κ3) is 4.71. The van der Waals surface area contributed by atoms with Gasteiger partial charge in [-0.1, -0.05) is 43.3 Å². The van der Waals surface area contributed by atoms with E-state index in [2.05, 4.69) is 35.8 Å². The quantitative estimate of drug-likeness (QED) is 0.580. The van der Waals surface area contributed by atoms with E-state index in [1.54, 1.807) is 7.11 Å². The zero-order chi connectivity index (χ0) is 19.9. The van der Waals surface area contributed by atoms with E-state index in [0.717, 1.165) is 23.2 Å². The normalized spacial score (nSPS) is 10.4. The highest BCUT2D eigenvalue weighted by molar-refractivity contribution is 6.05. The average Bonchev–Trinajstić information content (AvgIpc) is 2.73. The number of benzene rings is 3. The summed E-state index contributed by atoms with van der Waals surface area (Å²) < 4.78 is 5.35. The number of carbonyl (C=O) groups is 1. The number of amides is 1. The number of methoxy groups -OCH3 is 1. The molecule has 4 heteroatoms. The first-order chi connectivity index (χ1) is 13.6. The molecule has 0 fully saturated rings. The lowest BCUT2D eigenvalue weighted by molar-refractivity contribution is 0.102. The van der Waals surface area contributed by atoms with Crippen LogP contribution in [0.1, 0.15) is 34.0 Å². The zero-order valence-electron chi connectivity index (χ0n) is 16.6. The largest absolute Gasteiger partial charge is 0.495 e. The molecule has 0 bridgehead atoms. The summed E-state index contributed by atoms with van der Waals surface area (Å²) in [5.74, 6) is 0.493. The molecule has 0 saturated carbocycles. The van der Waals surface area contributed by atoms with Crippen molar-refractivity contribution in [2.45, 2.75) is 26.8 Å². The number of aryl methyl sites for hydroxylation is 2. The SMILES string of the molecule is CCc1ccccc1NCc1cccc(C(=O)Nc2cc(C)ccc2OC)c1. The van der Waals surface area contributed by atoms with Crippen LogP contribution in [-0.4, -0.2) is 13.0 Å². The number of hydrogen-bond acceptors (Lipinski definition) is 3. The minimum Gasteiger partial charge on any atom is -0.495 e. The van der Waals surface area contributed by atoms with Crippen LogP contribution in [-0.2, 0) is 13.0 Å². The number of rotatable bonds is 7. The standard InChI is InChI=1S/C24H26N2O2/c1-4-19-9-5-6-11-21(19)25-16-18-8-7-10-20(15-18)24(27)26-22-14-17(2)12-13-23(22)28-3/h5-15,25H,4,16H2,1-3H3,(H,26,27). The number of ether oxygens (including phenoxy) is 1. The smallest absolute Gasteiger partial charge is 0.255 e. The number of hydrogen-bond donors (Lipinski definition) is 2. The lowest BCUT2D eigenvalue weighted by Gasteiger charge is -2.13. The Bertz CT molecular complexity index is 966. The Labute approximate surface area is 166 Å². The molecule has 0 atom stereocenters. The summed E-state index contributed by atoms with van der Waals surface area (Å²) in [6.07, 6.45) is 0.976. The molecule has 3 aromatic carbocycles. The Morgan fingerprint density at radius 3 is 2.57 bits per heavy atom. The predicted molar refractivity (Wildman–Crippen MR) is 115 cm³/mol. The van der Waals surface area contributed by atoms with Gasteiger partial charge in [0.1, 0.15) is 5.75 Å². The van der Waals surface area contributed by atoms with Crippen LogP contribution in [0.3, 0.4) is 0 Å². The minimum absolute atomic E-state index is 0.153. The first kappa shape index (κ1) is 19.5. The van der Waals surface area contributed by atoms with Crippen LogP contribution in [0.5, 0.6) is 5.75 Å². The van der Waals surface area contributed by atoms with Gasteiger partial charge in [0.2, 0.25) is 0 Å². The Kier molecular flexibility index (Phi) is 6.33. The van der Waals surface area contributed by atoms with Crippen molar-refractivity contribution in [3.63, 3.8) is 0 Å². The highest BCUT2D eigenvalue weighted by atomic mass is 16.5. The van der Waals surface area contributed by atoms with E-state index in [9.17, 15) is 4.79 Å². The highest BCUT2D eigenvalue weighted by Gasteiger charge is 2.11. The van der Waals surface area contributed by atoms with Crippen LogP contribution >= 0.6 is 0 Å². The topological polar surface area (TPSA) is 50.4 Å². The molecule has 0 aliphatic heterocycles. The molecule has 3 aromatic rings. The second-order valence-corrected chi connectivity index (χ2v) is 6.72. The molecule has 28 heavy (non-hydrogen) atoms. The van der Waals surface area contributed by atoms with Gasteiger partial charge in [-0.15, -0.1) is 0 Å². The summed E-state index contributed by atoms with van der Waals surface area (Å²) in [7, 11) is 1.60. The second-order valence-electron chi connectivity index (χ2n) is 6.72. The number of nitrogens with one attached hydrogen (secondary N) is 2. The van der Waals surface area contributed by atoms with Crippen LogP contribution in [0.15, 0.2) is 66.7 Å². The van der Waals surface area contributed by atoms with Crippen LogP contribution < -0.4 is 15.4 Å². The van der Waals surface area contributed by atoms with Gasteiger partial charge < -0.3 is 15.4 Å². The molecule has 0 aliphatic carbocycles. The predicted octanol–water partition coefficient (Wildman–Crippen LogP) is 5.43. The summed E-state index contributed by atoms with van der Waals surface area (Å²) in [6, 6.07) is 21.7. The third-order valence-corrected chi connectivity index (χ3v) is 4.67. The van der Waals surface area contributed by atoms with Crippen LogP contribution in [0.25, 0.3) is 0 Å². The molecule has 0 radical (unpaired) electrons. The Morgan fingerprint density at radius 1 is 0.964 bits per heavy atom. The van der Waals surface area contributed by atoms with Crippen LogP contribution in [0.4, 0.5) is 11.4 Å². The van der Waals surface area contributed by atoms with Gasteiger partial charge in [0.05, 0.1) is 12.8 Å². The van der Waals surface area contributed by atoms with E-state index in [1.165, 1.54) is 5.56 Å². The Hall–Kier alpha value is -3.27. The third-order valence-electron chi connectivity index (χ3n) is 4.67. The van der Waals surface area contributed by atoms with Gasteiger partial charge in [-0.25, -0.2) is 0 Å². The monoisotopic (exact) mass is 374 g/mol. The zero-order valence-corrected chi connectivity index (χ0v) is 16.6. The molecule has 3 rings (SSSR count). The fourth-order valence-corrected chi connectivity index (χ4v) is 3.13. The van der Waals surface area contributed by atoms with Gasteiger partial charge in [-0.2, -0.15) is 0 Å². The molecule has 0 spiro atoms. The van der Waals surface area contributed by atoms with Crippen molar-refractivity contribution >= 4 is 17.3 Å². The Balaban J connectivity index is 1.72. The van der Waals surface area contributed by atoms with Crippen molar-refractivity contribution in [3.05, 3.63) is 89.0 Å². The van der Waals surface area contributed by atoms with Crippen molar-refractivity contribution in [1.29, 1.82) is 0 Å². The van der Waals surface area contributed by atoms with E-state index in [0.29, 0.717) is 23.5 Å². The van der Waals surface area contributed by atoms with Crippen LogP contribution in [0.2, 0.25) is 0 Å². The molecule has 144 valence electrons. The van der Waals surface area contributed by atoms with Crippen molar-refractivity contribution < 1.29 is 9.53 Å². The maximum atomic E-state index is 12.7. The van der Waals surface area contributed by atoms with Gasteiger partial charge in [-0.05, 0) is 60.4 Å². The number of carbonyl (C=O) groups excluding carboxylic acids is 1. The lowest BCUT2D eigenvalue weighted by Crippen LogP contribution is -2.13. The van der Waals surface area contributed by atoms with E-state index < -0.39 is 0 Å². The van der Waals surface area contributed by atoms with Gasteiger partial charge in [0, 0.05) is 17.8 Å². The average molecular weight is 374 g/mol. The number of para-hydroxylation sites is 1. The molecular weight excluding hydrogens is 348 g/mol. The first-order valence-electron chi connectivity index (χ1n) is 9.47. The molecule has 1 amide bonds. The fourth-order valence-electron chi connectivity index (χ4n) is 3.13. The second kappa shape index (κ2) is 9.09. The van der Waals surface area contributed by atoms with E-state index in [-0.39, 0.29) is 5.91 Å². The van der Waals surface area contributed by atoms with Crippen LogP contribution in [0, 0.1) is 6.92 Å². The summed E-state index contributed by atoms with van der Waals surface area (Å²) >= 11 is 0.